The Morgan fingerprint density at radius 2 is 2.10 bits per heavy atom. The molecule has 0 heterocycles. The topological polar surface area (TPSA) is 66.8 Å². The van der Waals surface area contributed by atoms with Crippen LogP contribution in [0.4, 0.5) is 0 Å². The highest BCUT2D eigenvalue weighted by atomic mass is 16.5. The Labute approximate surface area is 127 Å². The van der Waals surface area contributed by atoms with Crippen molar-refractivity contribution in [1.82, 2.24) is 0 Å². The molecule has 2 aliphatic carbocycles. The summed E-state index contributed by atoms with van der Waals surface area (Å²) in [6, 6.07) is 0. The molecule has 4 heteroatoms. The molecule has 0 spiro atoms. The maximum absolute atomic E-state index is 11.1. The highest BCUT2D eigenvalue weighted by Gasteiger charge is 2.53. The van der Waals surface area contributed by atoms with Crippen molar-refractivity contribution in [3.05, 3.63) is 11.6 Å². The third-order valence-corrected chi connectivity index (χ3v) is 5.31. The van der Waals surface area contributed by atoms with Gasteiger partial charge in [-0.05, 0) is 38.5 Å². The fraction of sp³-hybridized carbons (Fsp3) is 0.824. The first-order valence-corrected chi connectivity index (χ1v) is 7.94. The second-order valence-corrected chi connectivity index (χ2v) is 7.31. The molecule has 4 nitrogen and oxygen atoms in total. The summed E-state index contributed by atoms with van der Waals surface area (Å²) in [5.41, 5.74) is -0.547. The van der Waals surface area contributed by atoms with E-state index in [2.05, 4.69) is 19.9 Å². The average Bonchev–Trinajstić information content (AvgIpc) is 2.58. The Morgan fingerprint density at radius 1 is 1.43 bits per heavy atom. The van der Waals surface area contributed by atoms with Crippen molar-refractivity contribution in [1.29, 1.82) is 0 Å². The van der Waals surface area contributed by atoms with E-state index in [1.807, 2.05) is 6.92 Å². The van der Waals surface area contributed by atoms with Crippen LogP contribution < -0.4 is 0 Å². The molecule has 120 valence electrons. The summed E-state index contributed by atoms with van der Waals surface area (Å²) in [5, 5.41) is 21.7. The lowest BCUT2D eigenvalue weighted by atomic mass is 9.77. The molecule has 1 saturated carbocycles. The van der Waals surface area contributed by atoms with Crippen LogP contribution >= 0.6 is 0 Å². The number of fused-ring (bicyclic) bond motifs is 1. The van der Waals surface area contributed by atoms with E-state index in [4.69, 9.17) is 4.74 Å². The second kappa shape index (κ2) is 5.73. The molecule has 2 rings (SSSR count). The van der Waals surface area contributed by atoms with Gasteiger partial charge >= 0.3 is 5.97 Å². The molecule has 0 radical (unpaired) electrons. The molecule has 0 aliphatic heterocycles. The first kappa shape index (κ1) is 16.5. The van der Waals surface area contributed by atoms with E-state index in [9.17, 15) is 15.0 Å². The van der Waals surface area contributed by atoms with E-state index in [0.29, 0.717) is 18.8 Å². The van der Waals surface area contributed by atoms with Crippen molar-refractivity contribution >= 4 is 5.97 Å². The van der Waals surface area contributed by atoms with Crippen molar-refractivity contribution in [3.8, 4) is 0 Å². The van der Waals surface area contributed by atoms with Crippen LogP contribution in [0.25, 0.3) is 0 Å². The number of carbonyl (C=O) groups is 1. The highest BCUT2D eigenvalue weighted by molar-refractivity contribution is 5.65. The lowest BCUT2D eigenvalue weighted by Gasteiger charge is -2.36. The molecule has 0 aromatic carbocycles. The molecule has 4 atom stereocenters. The van der Waals surface area contributed by atoms with Crippen LogP contribution in [0.5, 0.6) is 0 Å². The molecule has 0 amide bonds. The summed E-state index contributed by atoms with van der Waals surface area (Å²) in [4.78, 5) is 11.1. The number of rotatable bonds is 3. The minimum atomic E-state index is -1.04. The fourth-order valence-electron chi connectivity index (χ4n) is 3.87. The van der Waals surface area contributed by atoms with Gasteiger partial charge in [-0.25, -0.2) is 0 Å². The van der Waals surface area contributed by atoms with E-state index in [-0.39, 0.29) is 24.4 Å². The molecule has 0 aromatic heterocycles. The number of allylic oxidation sites excluding steroid dienone is 1. The number of esters is 1. The van der Waals surface area contributed by atoms with Gasteiger partial charge < -0.3 is 14.9 Å². The summed E-state index contributed by atoms with van der Waals surface area (Å²) >= 11 is 0. The van der Waals surface area contributed by atoms with Gasteiger partial charge in [-0.15, -0.1) is 0 Å². The monoisotopic (exact) mass is 296 g/mol. The Balaban J connectivity index is 2.30. The van der Waals surface area contributed by atoms with Crippen molar-refractivity contribution < 1.29 is 19.7 Å². The van der Waals surface area contributed by atoms with Crippen molar-refractivity contribution in [2.75, 3.05) is 6.61 Å². The lowest BCUT2D eigenvalue weighted by molar-refractivity contribution is -0.155. The van der Waals surface area contributed by atoms with E-state index >= 15 is 0 Å². The number of ether oxygens (including phenoxy) is 1. The molecule has 0 bridgehead atoms. The van der Waals surface area contributed by atoms with Crippen molar-refractivity contribution in [2.24, 2.45) is 17.8 Å². The second-order valence-electron chi connectivity index (χ2n) is 7.31. The third kappa shape index (κ3) is 3.32. The zero-order valence-electron chi connectivity index (χ0n) is 13.6. The van der Waals surface area contributed by atoms with Gasteiger partial charge in [0.1, 0.15) is 12.2 Å². The SMILES string of the molecule is CC(=O)OC[C@@]1(O)CCC(C(C)C)=C[C@H]2C1CC[C@]2(C)O. The predicted octanol–water partition coefficient (Wildman–Crippen LogP) is 2.43. The van der Waals surface area contributed by atoms with Gasteiger partial charge in [0, 0.05) is 18.8 Å². The van der Waals surface area contributed by atoms with Gasteiger partial charge in [0.15, 0.2) is 0 Å². The molecule has 0 saturated heterocycles. The Hall–Kier alpha value is -0.870. The average molecular weight is 296 g/mol. The number of carbonyl (C=O) groups excluding carboxylic acids is 1. The van der Waals surface area contributed by atoms with E-state index < -0.39 is 11.2 Å². The van der Waals surface area contributed by atoms with Gasteiger partial charge in [-0.2, -0.15) is 0 Å². The molecule has 1 unspecified atom stereocenters. The van der Waals surface area contributed by atoms with E-state index in [1.165, 1.54) is 12.5 Å². The van der Waals surface area contributed by atoms with Crippen LogP contribution in [0.2, 0.25) is 0 Å². The Kier molecular flexibility index (Phi) is 4.50. The molecule has 1 fully saturated rings. The normalized spacial score (nSPS) is 39.7. The molecule has 2 aliphatic rings. The van der Waals surface area contributed by atoms with Gasteiger partial charge in [0.25, 0.3) is 0 Å². The van der Waals surface area contributed by atoms with Crippen LogP contribution in [0.15, 0.2) is 11.6 Å². The molecule has 21 heavy (non-hydrogen) atoms. The predicted molar refractivity (Wildman–Crippen MR) is 80.6 cm³/mol. The quantitative estimate of drug-likeness (QED) is 0.620. The zero-order valence-corrected chi connectivity index (χ0v) is 13.6. The van der Waals surface area contributed by atoms with Gasteiger partial charge in [-0.3, -0.25) is 4.79 Å². The lowest BCUT2D eigenvalue weighted by Crippen LogP contribution is -2.46. The molecule has 0 aromatic rings. The Bertz CT molecular complexity index is 438. The summed E-state index contributed by atoms with van der Waals surface area (Å²) in [5.74, 6) is -0.0924. The molecular weight excluding hydrogens is 268 g/mol. The Morgan fingerprint density at radius 3 is 2.67 bits per heavy atom. The van der Waals surface area contributed by atoms with Gasteiger partial charge in [-0.1, -0.05) is 25.5 Å². The van der Waals surface area contributed by atoms with Crippen LogP contribution in [-0.2, 0) is 9.53 Å². The van der Waals surface area contributed by atoms with Gasteiger partial charge in [0.2, 0.25) is 0 Å². The summed E-state index contributed by atoms with van der Waals surface area (Å²) in [7, 11) is 0. The minimum Gasteiger partial charge on any atom is -0.463 e. The molecule has 2 N–H and O–H groups in total. The van der Waals surface area contributed by atoms with Crippen LogP contribution in [-0.4, -0.2) is 34.0 Å². The minimum absolute atomic E-state index is 0.0266. The molecular formula is C17H28O4. The van der Waals surface area contributed by atoms with Crippen LogP contribution in [0, 0.1) is 17.8 Å². The fourth-order valence-corrected chi connectivity index (χ4v) is 3.87. The van der Waals surface area contributed by atoms with Crippen LogP contribution in [0.3, 0.4) is 0 Å². The summed E-state index contributed by atoms with van der Waals surface area (Å²) < 4.78 is 5.12. The number of hydrogen-bond acceptors (Lipinski definition) is 4. The maximum atomic E-state index is 11.1. The zero-order chi connectivity index (χ0) is 15.8. The standard InChI is InChI=1S/C17H28O4/c1-11(2)13-5-8-17(20,10-21-12(3)18)14-6-7-16(4,19)15(14)9-13/h9,11,14-15,19-20H,5-8,10H2,1-4H3/t14?,15-,16-,17-/m0/s1. The number of hydrogen-bond donors (Lipinski definition) is 2. The van der Waals surface area contributed by atoms with Crippen molar-refractivity contribution in [3.63, 3.8) is 0 Å². The van der Waals surface area contributed by atoms with E-state index in [0.717, 1.165) is 12.8 Å². The first-order chi connectivity index (χ1) is 9.66. The largest absolute Gasteiger partial charge is 0.463 e. The summed E-state index contributed by atoms with van der Waals surface area (Å²) in [6.45, 7) is 7.52. The van der Waals surface area contributed by atoms with Crippen molar-refractivity contribution in [2.45, 2.75) is 64.6 Å². The highest BCUT2D eigenvalue weighted by Crippen LogP contribution is 2.50. The van der Waals surface area contributed by atoms with E-state index in [1.54, 1.807) is 0 Å². The number of aliphatic hydroxyl groups is 2. The third-order valence-electron chi connectivity index (χ3n) is 5.31. The van der Waals surface area contributed by atoms with Crippen LogP contribution in [0.1, 0.15) is 53.4 Å². The smallest absolute Gasteiger partial charge is 0.302 e. The van der Waals surface area contributed by atoms with Gasteiger partial charge in [0.05, 0.1) is 5.60 Å². The maximum Gasteiger partial charge on any atom is 0.302 e. The summed E-state index contributed by atoms with van der Waals surface area (Å²) in [6.07, 6.45) is 4.98. The first-order valence-electron chi connectivity index (χ1n) is 7.94.